The molecule has 1 aliphatic rings. The number of hydrogen-bond acceptors (Lipinski definition) is 5. The van der Waals surface area contributed by atoms with Crippen molar-refractivity contribution in [2.45, 2.75) is 39.0 Å². The zero-order valence-corrected chi connectivity index (χ0v) is 16.9. The number of carbonyl (C=O) groups excluding carboxylic acids is 2. The summed E-state index contributed by atoms with van der Waals surface area (Å²) < 4.78 is 10.7. The Bertz CT molecular complexity index is 849. The lowest BCUT2D eigenvalue weighted by Gasteiger charge is -2.19. The molecule has 2 aromatic rings. The van der Waals surface area contributed by atoms with E-state index in [0.717, 1.165) is 29.7 Å². The van der Waals surface area contributed by atoms with E-state index in [2.05, 4.69) is 12.2 Å². The molecule has 1 unspecified atom stereocenters. The Morgan fingerprint density at radius 1 is 1.33 bits per heavy atom. The number of anilines is 1. The molecule has 0 spiro atoms. The predicted molar refractivity (Wildman–Crippen MR) is 107 cm³/mol. The standard InChI is InChI=1S/C20H22ClNO4S/c1-3-25-20(24)18-17-12(2)7-6-10-15(17)27-19(18)22-16(23)11-26-14-9-5-4-8-13(14)21/h4-5,8-9,12H,3,6-7,10-11H2,1-2H3,(H,22,23). The van der Waals surface area contributed by atoms with Crippen molar-refractivity contribution in [1.82, 2.24) is 0 Å². The van der Waals surface area contributed by atoms with Crippen LogP contribution >= 0.6 is 22.9 Å². The average molecular weight is 408 g/mol. The van der Waals surface area contributed by atoms with E-state index < -0.39 is 0 Å². The van der Waals surface area contributed by atoms with Crippen LogP contribution in [-0.4, -0.2) is 25.1 Å². The first-order valence-electron chi connectivity index (χ1n) is 9.01. The van der Waals surface area contributed by atoms with Crippen LogP contribution in [0.1, 0.15) is 53.4 Å². The highest BCUT2D eigenvalue weighted by Crippen LogP contribution is 2.43. The Labute approximate surface area is 167 Å². The Morgan fingerprint density at radius 3 is 2.85 bits per heavy atom. The topological polar surface area (TPSA) is 64.6 Å². The molecule has 1 aliphatic carbocycles. The molecule has 27 heavy (non-hydrogen) atoms. The minimum atomic E-state index is -0.383. The second-order valence-corrected chi connectivity index (χ2v) is 7.94. The minimum Gasteiger partial charge on any atom is -0.482 e. The molecule has 144 valence electrons. The number of benzene rings is 1. The number of amides is 1. The summed E-state index contributed by atoms with van der Waals surface area (Å²) in [6.07, 6.45) is 3.03. The summed E-state index contributed by atoms with van der Waals surface area (Å²) in [5, 5.41) is 3.81. The highest BCUT2D eigenvalue weighted by molar-refractivity contribution is 7.17. The summed E-state index contributed by atoms with van der Waals surface area (Å²) in [5.41, 5.74) is 1.52. The van der Waals surface area contributed by atoms with E-state index in [4.69, 9.17) is 21.1 Å². The van der Waals surface area contributed by atoms with Crippen LogP contribution < -0.4 is 10.1 Å². The molecule has 1 aromatic carbocycles. The first-order valence-corrected chi connectivity index (χ1v) is 10.2. The van der Waals surface area contributed by atoms with Crippen molar-refractivity contribution in [2.75, 3.05) is 18.5 Å². The molecule has 0 aliphatic heterocycles. The Hall–Kier alpha value is -2.05. The summed E-state index contributed by atoms with van der Waals surface area (Å²) in [6, 6.07) is 6.97. The number of ether oxygens (including phenoxy) is 2. The van der Waals surface area contributed by atoms with E-state index in [1.54, 1.807) is 31.2 Å². The molecule has 0 radical (unpaired) electrons. The molecule has 0 bridgehead atoms. The molecule has 1 amide bonds. The summed E-state index contributed by atoms with van der Waals surface area (Å²) in [6.45, 7) is 3.99. The molecule has 1 heterocycles. The Morgan fingerprint density at radius 2 is 2.11 bits per heavy atom. The van der Waals surface area contributed by atoms with E-state index in [1.807, 2.05) is 0 Å². The first-order chi connectivity index (χ1) is 13.0. The van der Waals surface area contributed by atoms with Gasteiger partial charge in [-0.05, 0) is 49.8 Å². The van der Waals surface area contributed by atoms with Crippen LogP contribution in [0.25, 0.3) is 0 Å². The van der Waals surface area contributed by atoms with Gasteiger partial charge in [0.25, 0.3) is 5.91 Å². The van der Waals surface area contributed by atoms with E-state index in [-0.39, 0.29) is 24.4 Å². The summed E-state index contributed by atoms with van der Waals surface area (Å²) in [7, 11) is 0. The molecule has 0 saturated carbocycles. The van der Waals surface area contributed by atoms with Gasteiger partial charge in [0, 0.05) is 4.88 Å². The fourth-order valence-corrected chi connectivity index (χ4v) is 4.83. The highest BCUT2D eigenvalue weighted by Gasteiger charge is 2.30. The lowest BCUT2D eigenvalue weighted by molar-refractivity contribution is -0.118. The van der Waals surface area contributed by atoms with Gasteiger partial charge in [0.1, 0.15) is 10.8 Å². The van der Waals surface area contributed by atoms with Gasteiger partial charge in [0.15, 0.2) is 6.61 Å². The van der Waals surface area contributed by atoms with Crippen molar-refractivity contribution in [3.05, 3.63) is 45.3 Å². The second kappa shape index (κ2) is 8.76. The van der Waals surface area contributed by atoms with Gasteiger partial charge in [0.2, 0.25) is 0 Å². The van der Waals surface area contributed by atoms with Crippen LogP contribution in [0, 0.1) is 0 Å². The maximum Gasteiger partial charge on any atom is 0.341 e. The van der Waals surface area contributed by atoms with Gasteiger partial charge >= 0.3 is 5.97 Å². The summed E-state index contributed by atoms with van der Waals surface area (Å²) >= 11 is 7.50. The van der Waals surface area contributed by atoms with Crippen LogP contribution in [0.4, 0.5) is 5.00 Å². The maximum absolute atomic E-state index is 12.5. The molecule has 7 heteroatoms. The minimum absolute atomic E-state index is 0.190. The highest BCUT2D eigenvalue weighted by atomic mass is 35.5. The van der Waals surface area contributed by atoms with Gasteiger partial charge in [-0.1, -0.05) is 30.7 Å². The number of nitrogens with one attached hydrogen (secondary N) is 1. The second-order valence-electron chi connectivity index (χ2n) is 6.42. The third-order valence-corrected chi connectivity index (χ3v) is 5.98. The van der Waals surface area contributed by atoms with Gasteiger partial charge in [-0.2, -0.15) is 0 Å². The first kappa shape index (κ1) is 19.7. The molecule has 0 fully saturated rings. The third-order valence-electron chi connectivity index (χ3n) is 4.48. The van der Waals surface area contributed by atoms with E-state index in [0.29, 0.717) is 27.9 Å². The van der Waals surface area contributed by atoms with Crippen molar-refractivity contribution in [3.63, 3.8) is 0 Å². The van der Waals surface area contributed by atoms with Gasteiger partial charge in [-0.25, -0.2) is 4.79 Å². The number of hydrogen-bond donors (Lipinski definition) is 1. The Kier molecular flexibility index (Phi) is 6.39. The van der Waals surface area contributed by atoms with E-state index in [9.17, 15) is 9.59 Å². The SMILES string of the molecule is CCOC(=O)c1c(NC(=O)COc2ccccc2Cl)sc2c1C(C)CCC2. The van der Waals surface area contributed by atoms with Gasteiger partial charge in [-0.15, -0.1) is 11.3 Å². The van der Waals surface area contributed by atoms with Gasteiger partial charge in [-0.3, -0.25) is 4.79 Å². The third kappa shape index (κ3) is 4.45. The Balaban J connectivity index is 1.78. The number of fused-ring (bicyclic) bond motifs is 1. The molecule has 1 N–H and O–H groups in total. The van der Waals surface area contributed by atoms with Crippen molar-refractivity contribution in [2.24, 2.45) is 0 Å². The van der Waals surface area contributed by atoms with Crippen molar-refractivity contribution < 1.29 is 19.1 Å². The number of carbonyl (C=O) groups is 2. The van der Waals surface area contributed by atoms with Crippen LogP contribution in [0.2, 0.25) is 5.02 Å². The largest absolute Gasteiger partial charge is 0.482 e. The number of esters is 1. The van der Waals surface area contributed by atoms with E-state index >= 15 is 0 Å². The lowest BCUT2D eigenvalue weighted by atomic mass is 9.86. The van der Waals surface area contributed by atoms with Crippen LogP contribution in [0.3, 0.4) is 0 Å². The molecule has 3 rings (SSSR count). The number of halogens is 1. The van der Waals surface area contributed by atoms with Crippen LogP contribution in [-0.2, 0) is 16.0 Å². The molecular formula is C20H22ClNO4S. The molecule has 5 nitrogen and oxygen atoms in total. The van der Waals surface area contributed by atoms with Crippen LogP contribution in [0.15, 0.2) is 24.3 Å². The number of rotatable bonds is 6. The summed E-state index contributed by atoms with van der Waals surface area (Å²) in [5.74, 6) is -0.00810. The zero-order chi connectivity index (χ0) is 19.4. The number of thiophene rings is 1. The maximum atomic E-state index is 12.5. The van der Waals surface area contributed by atoms with Gasteiger partial charge in [0.05, 0.1) is 17.2 Å². The summed E-state index contributed by atoms with van der Waals surface area (Å²) in [4.78, 5) is 26.1. The fraction of sp³-hybridized carbons (Fsp3) is 0.400. The van der Waals surface area contributed by atoms with E-state index in [1.165, 1.54) is 11.3 Å². The lowest BCUT2D eigenvalue weighted by Crippen LogP contribution is -2.21. The smallest absolute Gasteiger partial charge is 0.341 e. The normalized spacial score (nSPS) is 15.7. The molecule has 0 saturated heterocycles. The van der Waals surface area contributed by atoms with Crippen molar-refractivity contribution in [3.8, 4) is 5.75 Å². The predicted octanol–water partition coefficient (Wildman–Crippen LogP) is 5.04. The van der Waals surface area contributed by atoms with Crippen molar-refractivity contribution >= 4 is 39.8 Å². The van der Waals surface area contributed by atoms with Crippen molar-refractivity contribution in [1.29, 1.82) is 0 Å². The monoisotopic (exact) mass is 407 g/mol. The van der Waals surface area contributed by atoms with Gasteiger partial charge < -0.3 is 14.8 Å². The average Bonchev–Trinajstić information content (AvgIpc) is 3.00. The van der Waals surface area contributed by atoms with Crippen LogP contribution in [0.5, 0.6) is 5.75 Å². The number of para-hydroxylation sites is 1. The number of aryl methyl sites for hydroxylation is 1. The molecule has 1 aromatic heterocycles. The molecule has 1 atom stereocenters. The fourth-order valence-electron chi connectivity index (χ4n) is 3.27. The quantitative estimate of drug-likeness (QED) is 0.681. The molecular weight excluding hydrogens is 386 g/mol. The zero-order valence-electron chi connectivity index (χ0n) is 15.3.